The SMILES string of the molecule is C=C(c1ccc(C)cc1)C(C)(C)C(C)OC(=O)c1ccc(C(=O)O)cc1. The Bertz CT molecular complexity index is 814. The van der Waals surface area contributed by atoms with Crippen molar-refractivity contribution in [1.29, 1.82) is 0 Å². The number of carboxylic acids is 1. The average Bonchev–Trinajstić information content (AvgIpc) is 2.61. The largest absolute Gasteiger partial charge is 0.478 e. The highest BCUT2D eigenvalue weighted by Gasteiger charge is 2.33. The first kappa shape index (κ1) is 19.4. The van der Waals surface area contributed by atoms with E-state index in [1.807, 2.05) is 52.0 Å². The lowest BCUT2D eigenvalue weighted by Gasteiger charge is -2.33. The molecule has 0 heterocycles. The molecule has 2 aromatic carbocycles. The molecule has 0 bridgehead atoms. The number of carboxylic acid groups (broad SMARTS) is 1. The number of rotatable bonds is 6. The Kier molecular flexibility index (Phi) is 5.66. The molecule has 2 rings (SSSR count). The number of hydrogen-bond acceptors (Lipinski definition) is 3. The molecule has 0 spiro atoms. The molecule has 136 valence electrons. The molecule has 1 N–H and O–H groups in total. The summed E-state index contributed by atoms with van der Waals surface area (Å²) in [5.74, 6) is -1.52. The number of benzene rings is 2. The standard InChI is InChI=1S/C22H24O4/c1-14-6-8-17(9-7-14)15(2)22(4,5)16(3)26-21(25)19-12-10-18(11-13-19)20(23)24/h6-13,16H,2H2,1,3-5H3,(H,23,24). The van der Waals surface area contributed by atoms with Crippen molar-refractivity contribution in [3.8, 4) is 0 Å². The lowest BCUT2D eigenvalue weighted by molar-refractivity contribution is 0.0134. The fourth-order valence-electron chi connectivity index (χ4n) is 2.50. The quantitative estimate of drug-likeness (QED) is 0.745. The number of ether oxygens (including phenoxy) is 1. The van der Waals surface area contributed by atoms with E-state index < -0.39 is 23.5 Å². The summed E-state index contributed by atoms with van der Waals surface area (Å²) in [5, 5.41) is 8.93. The van der Waals surface area contributed by atoms with Crippen molar-refractivity contribution in [2.75, 3.05) is 0 Å². The van der Waals surface area contributed by atoms with Gasteiger partial charge >= 0.3 is 11.9 Å². The third kappa shape index (κ3) is 4.20. The minimum absolute atomic E-state index is 0.127. The van der Waals surface area contributed by atoms with E-state index in [-0.39, 0.29) is 5.56 Å². The number of carbonyl (C=O) groups is 2. The van der Waals surface area contributed by atoms with Crippen LogP contribution in [0.5, 0.6) is 0 Å². The van der Waals surface area contributed by atoms with Crippen molar-refractivity contribution in [1.82, 2.24) is 0 Å². The van der Waals surface area contributed by atoms with Gasteiger partial charge in [0.2, 0.25) is 0 Å². The van der Waals surface area contributed by atoms with Crippen LogP contribution in [0.25, 0.3) is 5.57 Å². The molecule has 0 aliphatic heterocycles. The molecule has 4 heteroatoms. The highest BCUT2D eigenvalue weighted by molar-refractivity contribution is 5.92. The van der Waals surface area contributed by atoms with Crippen LogP contribution in [0.1, 0.15) is 52.6 Å². The van der Waals surface area contributed by atoms with Gasteiger partial charge in [-0.2, -0.15) is 0 Å². The van der Waals surface area contributed by atoms with Crippen LogP contribution < -0.4 is 0 Å². The Morgan fingerprint density at radius 1 is 0.962 bits per heavy atom. The molecule has 4 nitrogen and oxygen atoms in total. The van der Waals surface area contributed by atoms with E-state index >= 15 is 0 Å². The van der Waals surface area contributed by atoms with Crippen LogP contribution in [0.3, 0.4) is 0 Å². The van der Waals surface area contributed by atoms with Gasteiger partial charge < -0.3 is 9.84 Å². The maximum Gasteiger partial charge on any atom is 0.338 e. The third-order valence-electron chi connectivity index (χ3n) is 4.85. The highest BCUT2D eigenvalue weighted by atomic mass is 16.5. The van der Waals surface area contributed by atoms with E-state index in [2.05, 4.69) is 6.58 Å². The van der Waals surface area contributed by atoms with Crippen LogP contribution in [0, 0.1) is 12.3 Å². The van der Waals surface area contributed by atoms with Crippen molar-refractivity contribution in [3.63, 3.8) is 0 Å². The van der Waals surface area contributed by atoms with Crippen LogP contribution >= 0.6 is 0 Å². The van der Waals surface area contributed by atoms with Crippen molar-refractivity contribution < 1.29 is 19.4 Å². The highest BCUT2D eigenvalue weighted by Crippen LogP contribution is 2.38. The zero-order valence-electron chi connectivity index (χ0n) is 15.6. The Morgan fingerprint density at radius 2 is 1.42 bits per heavy atom. The van der Waals surface area contributed by atoms with Gasteiger partial charge in [-0.05, 0) is 49.2 Å². The molecule has 0 saturated heterocycles. The van der Waals surface area contributed by atoms with Gasteiger partial charge in [-0.3, -0.25) is 0 Å². The van der Waals surface area contributed by atoms with Gasteiger partial charge in [-0.1, -0.05) is 50.3 Å². The first-order valence-electron chi connectivity index (χ1n) is 8.43. The van der Waals surface area contributed by atoms with Gasteiger partial charge in [0.15, 0.2) is 0 Å². The van der Waals surface area contributed by atoms with E-state index in [0.717, 1.165) is 11.1 Å². The second kappa shape index (κ2) is 7.56. The van der Waals surface area contributed by atoms with Crippen LogP contribution in [-0.2, 0) is 4.74 Å². The molecule has 1 unspecified atom stereocenters. The number of aromatic carboxylic acids is 1. The molecule has 0 fully saturated rings. The van der Waals surface area contributed by atoms with Gasteiger partial charge in [0.25, 0.3) is 0 Å². The number of hydrogen-bond donors (Lipinski definition) is 1. The topological polar surface area (TPSA) is 63.6 Å². The monoisotopic (exact) mass is 352 g/mol. The summed E-state index contributed by atoms with van der Waals surface area (Å²) in [6.45, 7) is 12.0. The van der Waals surface area contributed by atoms with Gasteiger partial charge in [-0.15, -0.1) is 0 Å². The second-order valence-electron chi connectivity index (χ2n) is 7.00. The van der Waals surface area contributed by atoms with Crippen LogP contribution in [0.4, 0.5) is 0 Å². The van der Waals surface area contributed by atoms with Crippen molar-refractivity contribution in [2.45, 2.75) is 33.8 Å². The predicted molar refractivity (Wildman–Crippen MR) is 102 cm³/mol. The van der Waals surface area contributed by atoms with Gasteiger partial charge in [0, 0.05) is 5.41 Å². The molecule has 0 aromatic heterocycles. The van der Waals surface area contributed by atoms with Gasteiger partial charge in [0.05, 0.1) is 11.1 Å². The summed E-state index contributed by atoms with van der Waals surface area (Å²) < 4.78 is 5.62. The summed E-state index contributed by atoms with van der Waals surface area (Å²) >= 11 is 0. The maximum atomic E-state index is 12.4. The van der Waals surface area contributed by atoms with E-state index in [9.17, 15) is 9.59 Å². The Labute approximate surface area is 154 Å². The molecule has 0 aliphatic rings. The van der Waals surface area contributed by atoms with Crippen LogP contribution in [-0.4, -0.2) is 23.1 Å². The minimum atomic E-state index is -1.03. The molecule has 0 aliphatic carbocycles. The minimum Gasteiger partial charge on any atom is -0.478 e. The number of carbonyl (C=O) groups excluding carboxylic acids is 1. The molecular formula is C22H24O4. The van der Waals surface area contributed by atoms with Gasteiger partial charge in [-0.25, -0.2) is 9.59 Å². The van der Waals surface area contributed by atoms with E-state index in [0.29, 0.717) is 5.56 Å². The van der Waals surface area contributed by atoms with Crippen molar-refractivity contribution >= 4 is 17.5 Å². The smallest absolute Gasteiger partial charge is 0.338 e. The lowest BCUT2D eigenvalue weighted by atomic mass is 9.77. The predicted octanol–water partition coefficient (Wildman–Crippen LogP) is 4.98. The first-order valence-corrected chi connectivity index (χ1v) is 8.43. The Balaban J connectivity index is 2.12. The van der Waals surface area contributed by atoms with E-state index in [1.165, 1.54) is 29.8 Å². The van der Waals surface area contributed by atoms with E-state index in [4.69, 9.17) is 9.84 Å². The van der Waals surface area contributed by atoms with Crippen molar-refractivity contribution in [2.24, 2.45) is 5.41 Å². The summed E-state index contributed by atoms with van der Waals surface area (Å²) in [5.41, 5.74) is 3.05. The first-order chi connectivity index (χ1) is 12.1. The fraction of sp³-hybridized carbons (Fsp3) is 0.273. The molecule has 0 saturated carbocycles. The van der Waals surface area contributed by atoms with Crippen LogP contribution in [0.2, 0.25) is 0 Å². The fourth-order valence-corrected chi connectivity index (χ4v) is 2.50. The molecule has 1 atom stereocenters. The zero-order chi connectivity index (χ0) is 19.5. The lowest BCUT2D eigenvalue weighted by Crippen LogP contribution is -2.32. The van der Waals surface area contributed by atoms with Crippen molar-refractivity contribution in [3.05, 3.63) is 77.4 Å². The van der Waals surface area contributed by atoms with E-state index in [1.54, 1.807) is 0 Å². The van der Waals surface area contributed by atoms with Crippen LogP contribution in [0.15, 0.2) is 55.1 Å². The third-order valence-corrected chi connectivity index (χ3v) is 4.85. The summed E-state index contributed by atoms with van der Waals surface area (Å²) in [7, 11) is 0. The average molecular weight is 352 g/mol. The van der Waals surface area contributed by atoms with Gasteiger partial charge in [0.1, 0.15) is 6.10 Å². The summed E-state index contributed by atoms with van der Waals surface area (Å²) in [6, 6.07) is 13.8. The Morgan fingerprint density at radius 3 is 1.92 bits per heavy atom. The number of esters is 1. The zero-order valence-corrected chi connectivity index (χ0v) is 15.6. The molecular weight excluding hydrogens is 328 g/mol. The second-order valence-corrected chi connectivity index (χ2v) is 7.00. The Hall–Kier alpha value is -2.88. The molecule has 0 amide bonds. The molecule has 26 heavy (non-hydrogen) atoms. The normalized spacial score (nSPS) is 12.3. The summed E-state index contributed by atoms with van der Waals surface area (Å²) in [6.07, 6.45) is -0.414. The molecule has 2 aromatic rings. The number of aryl methyl sites for hydroxylation is 1. The molecule has 0 radical (unpaired) electrons. The maximum absolute atomic E-state index is 12.4. The summed E-state index contributed by atoms with van der Waals surface area (Å²) in [4.78, 5) is 23.3.